The molecule has 0 bridgehead atoms. The molecule has 2 rings (SSSR count). The van der Waals surface area contributed by atoms with E-state index in [9.17, 15) is 0 Å². The Morgan fingerprint density at radius 3 is 2.76 bits per heavy atom. The number of nitrogens with one attached hydrogen (secondary N) is 1. The summed E-state index contributed by atoms with van der Waals surface area (Å²) in [6.07, 6.45) is 2.53. The Labute approximate surface area is 102 Å². The van der Waals surface area contributed by atoms with Crippen LogP contribution < -0.4 is 11.1 Å². The molecule has 0 unspecified atom stereocenters. The minimum absolute atomic E-state index is 0.415. The highest BCUT2D eigenvalue weighted by Gasteiger charge is 2.30. The van der Waals surface area contributed by atoms with Gasteiger partial charge < -0.3 is 15.8 Å². The van der Waals surface area contributed by atoms with Crippen LogP contribution in [-0.2, 0) is 11.3 Å². The lowest BCUT2D eigenvalue weighted by atomic mass is 9.89. The summed E-state index contributed by atoms with van der Waals surface area (Å²) in [7, 11) is 0. The molecule has 1 aliphatic rings. The van der Waals surface area contributed by atoms with Gasteiger partial charge in [-0.15, -0.1) is 0 Å². The molecule has 96 valence electrons. The molecule has 0 amide bonds. The van der Waals surface area contributed by atoms with Gasteiger partial charge in [-0.05, 0) is 33.6 Å². The van der Waals surface area contributed by atoms with E-state index in [1.165, 1.54) is 0 Å². The van der Waals surface area contributed by atoms with Crippen molar-refractivity contribution in [3.8, 4) is 0 Å². The molecule has 0 aliphatic heterocycles. The van der Waals surface area contributed by atoms with Crippen LogP contribution >= 0.6 is 0 Å². The number of aryl methyl sites for hydroxylation is 2. The van der Waals surface area contributed by atoms with Crippen LogP contribution in [0.3, 0.4) is 0 Å². The first-order chi connectivity index (χ1) is 8.15. The summed E-state index contributed by atoms with van der Waals surface area (Å²) in [6, 6.07) is 0.468. The second-order valence-corrected chi connectivity index (χ2v) is 4.55. The second-order valence-electron chi connectivity index (χ2n) is 4.55. The number of nitrogens with two attached hydrogens (primary N) is 1. The lowest BCUT2D eigenvalue weighted by Gasteiger charge is -2.36. The SMILES string of the molecule is CCOC1CC(Nc2c(N)c(C)nn2CC)C1. The van der Waals surface area contributed by atoms with Crippen LogP contribution in [0.15, 0.2) is 0 Å². The Bertz CT molecular complexity index is 382. The molecule has 3 N–H and O–H groups in total. The molecule has 5 heteroatoms. The van der Waals surface area contributed by atoms with Crippen molar-refractivity contribution in [1.82, 2.24) is 9.78 Å². The maximum atomic E-state index is 6.02. The minimum atomic E-state index is 0.415. The smallest absolute Gasteiger partial charge is 0.148 e. The Kier molecular flexibility index (Phi) is 3.57. The number of hydrogen-bond donors (Lipinski definition) is 2. The van der Waals surface area contributed by atoms with E-state index in [-0.39, 0.29) is 0 Å². The van der Waals surface area contributed by atoms with Gasteiger partial charge in [0.05, 0.1) is 17.5 Å². The van der Waals surface area contributed by atoms with Crippen LogP contribution in [-0.4, -0.2) is 28.5 Å². The van der Waals surface area contributed by atoms with E-state index in [4.69, 9.17) is 10.5 Å². The van der Waals surface area contributed by atoms with Crippen molar-refractivity contribution in [1.29, 1.82) is 0 Å². The third-order valence-corrected chi connectivity index (χ3v) is 3.31. The van der Waals surface area contributed by atoms with Crippen molar-refractivity contribution < 1.29 is 4.74 Å². The maximum Gasteiger partial charge on any atom is 0.148 e. The molecule has 0 saturated heterocycles. The fraction of sp³-hybridized carbons (Fsp3) is 0.750. The molecule has 17 heavy (non-hydrogen) atoms. The zero-order valence-electron chi connectivity index (χ0n) is 10.9. The van der Waals surface area contributed by atoms with E-state index >= 15 is 0 Å². The first-order valence-corrected chi connectivity index (χ1v) is 6.36. The highest BCUT2D eigenvalue weighted by Crippen LogP contribution is 2.30. The highest BCUT2D eigenvalue weighted by molar-refractivity contribution is 5.65. The molecule has 1 saturated carbocycles. The lowest BCUT2D eigenvalue weighted by Crippen LogP contribution is -2.41. The predicted molar refractivity (Wildman–Crippen MR) is 69.1 cm³/mol. The number of nitrogen functional groups attached to an aromatic ring is 1. The van der Waals surface area contributed by atoms with Crippen molar-refractivity contribution in [3.63, 3.8) is 0 Å². The van der Waals surface area contributed by atoms with E-state index in [2.05, 4.69) is 17.3 Å². The fourth-order valence-electron chi connectivity index (χ4n) is 2.23. The van der Waals surface area contributed by atoms with E-state index < -0.39 is 0 Å². The summed E-state index contributed by atoms with van der Waals surface area (Å²) in [4.78, 5) is 0. The zero-order chi connectivity index (χ0) is 12.4. The van der Waals surface area contributed by atoms with Gasteiger partial charge in [-0.25, -0.2) is 4.68 Å². The summed E-state index contributed by atoms with van der Waals surface area (Å²) >= 11 is 0. The van der Waals surface area contributed by atoms with Gasteiger partial charge in [-0.2, -0.15) is 5.10 Å². The molecule has 1 aliphatic carbocycles. The van der Waals surface area contributed by atoms with Crippen LogP contribution in [0, 0.1) is 6.92 Å². The van der Waals surface area contributed by atoms with Gasteiger partial charge in [0.2, 0.25) is 0 Å². The summed E-state index contributed by atoms with van der Waals surface area (Å²) in [5.74, 6) is 0.963. The van der Waals surface area contributed by atoms with Crippen molar-refractivity contribution in [3.05, 3.63) is 5.69 Å². The Morgan fingerprint density at radius 2 is 2.18 bits per heavy atom. The minimum Gasteiger partial charge on any atom is -0.394 e. The molecule has 0 spiro atoms. The first kappa shape index (κ1) is 12.2. The second kappa shape index (κ2) is 4.96. The summed E-state index contributed by atoms with van der Waals surface area (Å²) in [6.45, 7) is 7.68. The standard InChI is InChI=1S/C12H22N4O/c1-4-16-12(11(13)8(3)15-16)14-9-6-10(7-9)17-5-2/h9-10,14H,4-7,13H2,1-3H3. The van der Waals surface area contributed by atoms with Crippen molar-refractivity contribution in [2.75, 3.05) is 17.7 Å². The van der Waals surface area contributed by atoms with E-state index in [1.54, 1.807) is 0 Å². The number of hydrogen-bond acceptors (Lipinski definition) is 4. The van der Waals surface area contributed by atoms with Crippen LogP contribution in [0.2, 0.25) is 0 Å². The van der Waals surface area contributed by atoms with E-state index in [0.29, 0.717) is 12.1 Å². The van der Waals surface area contributed by atoms with Crippen molar-refractivity contribution in [2.24, 2.45) is 0 Å². The normalized spacial score (nSPS) is 23.5. The van der Waals surface area contributed by atoms with Gasteiger partial charge in [0, 0.05) is 19.2 Å². The van der Waals surface area contributed by atoms with Crippen molar-refractivity contribution >= 4 is 11.5 Å². The Balaban J connectivity index is 1.96. The van der Waals surface area contributed by atoms with Crippen LogP contribution in [0.25, 0.3) is 0 Å². The molecule has 5 nitrogen and oxygen atoms in total. The van der Waals surface area contributed by atoms with Crippen LogP contribution in [0.1, 0.15) is 32.4 Å². The van der Waals surface area contributed by atoms with Gasteiger partial charge in [0.25, 0.3) is 0 Å². The van der Waals surface area contributed by atoms with Gasteiger partial charge in [-0.1, -0.05) is 0 Å². The third-order valence-electron chi connectivity index (χ3n) is 3.31. The molecule has 0 radical (unpaired) electrons. The molecule has 1 aromatic rings. The van der Waals surface area contributed by atoms with Crippen LogP contribution in [0.5, 0.6) is 0 Å². The van der Waals surface area contributed by atoms with Gasteiger partial charge in [-0.3, -0.25) is 0 Å². The predicted octanol–water partition coefficient (Wildman–Crippen LogP) is 1.77. The summed E-state index contributed by atoms with van der Waals surface area (Å²) in [5.41, 5.74) is 7.69. The molecule has 1 heterocycles. The number of rotatable bonds is 5. The molecular weight excluding hydrogens is 216 g/mol. The van der Waals surface area contributed by atoms with Gasteiger partial charge in [0.15, 0.2) is 0 Å². The fourth-order valence-corrected chi connectivity index (χ4v) is 2.23. The largest absolute Gasteiger partial charge is 0.394 e. The summed E-state index contributed by atoms with van der Waals surface area (Å²) in [5, 5.41) is 7.86. The number of nitrogens with zero attached hydrogens (tertiary/aromatic N) is 2. The van der Waals surface area contributed by atoms with Gasteiger partial charge in [0.1, 0.15) is 5.82 Å². The number of aromatic nitrogens is 2. The molecular formula is C12H22N4O. The Morgan fingerprint density at radius 1 is 1.47 bits per heavy atom. The zero-order valence-corrected chi connectivity index (χ0v) is 10.9. The number of anilines is 2. The summed E-state index contributed by atoms with van der Waals surface area (Å²) < 4.78 is 7.47. The molecule has 0 aromatic carbocycles. The highest BCUT2D eigenvalue weighted by atomic mass is 16.5. The Hall–Kier alpha value is -1.23. The number of ether oxygens (including phenoxy) is 1. The van der Waals surface area contributed by atoms with Crippen molar-refractivity contribution in [2.45, 2.75) is 52.3 Å². The topological polar surface area (TPSA) is 65.1 Å². The molecule has 1 aromatic heterocycles. The first-order valence-electron chi connectivity index (χ1n) is 6.36. The molecule has 1 fully saturated rings. The van der Waals surface area contributed by atoms with E-state index in [1.807, 2.05) is 18.5 Å². The van der Waals surface area contributed by atoms with Crippen LogP contribution in [0.4, 0.5) is 11.5 Å². The lowest BCUT2D eigenvalue weighted by molar-refractivity contribution is 0.00286. The quantitative estimate of drug-likeness (QED) is 0.820. The monoisotopic (exact) mass is 238 g/mol. The van der Waals surface area contributed by atoms with Gasteiger partial charge >= 0.3 is 0 Å². The average Bonchev–Trinajstić information content (AvgIpc) is 2.53. The molecule has 0 atom stereocenters. The van der Waals surface area contributed by atoms with E-state index in [0.717, 1.165) is 43.2 Å². The average molecular weight is 238 g/mol. The third kappa shape index (κ3) is 2.39. The maximum absolute atomic E-state index is 6.02.